The molecular weight excluding hydrogens is 410 g/mol. The van der Waals surface area contributed by atoms with E-state index in [-0.39, 0.29) is 11.6 Å². The summed E-state index contributed by atoms with van der Waals surface area (Å²) in [6.07, 6.45) is 14.2. The van der Waals surface area contributed by atoms with Crippen LogP contribution in [-0.4, -0.2) is 39.1 Å². The number of hydrogen-bond acceptors (Lipinski definition) is 5. The number of anilines is 1. The number of fused-ring (bicyclic) bond motifs is 3. The van der Waals surface area contributed by atoms with Gasteiger partial charge in [-0.2, -0.15) is 4.98 Å². The van der Waals surface area contributed by atoms with Gasteiger partial charge in [0, 0.05) is 36.1 Å². The SMILES string of the molecule is O=c1c2cc(CN3CCCCC3)ccc2c2cnc(NCC3CC3)nc2n1C1CCCCC1. The third-order valence-electron chi connectivity index (χ3n) is 7.86. The van der Waals surface area contributed by atoms with Crippen LogP contribution in [-0.2, 0) is 6.54 Å². The summed E-state index contributed by atoms with van der Waals surface area (Å²) in [4.78, 5) is 26.0. The third-order valence-corrected chi connectivity index (χ3v) is 7.86. The zero-order valence-electron chi connectivity index (χ0n) is 19.6. The summed E-state index contributed by atoms with van der Waals surface area (Å²) in [6.45, 7) is 4.17. The van der Waals surface area contributed by atoms with E-state index < -0.39 is 0 Å². The maximum absolute atomic E-state index is 13.9. The Labute approximate surface area is 195 Å². The van der Waals surface area contributed by atoms with Crippen LogP contribution < -0.4 is 10.9 Å². The number of likely N-dealkylation sites (tertiary alicyclic amines) is 1. The number of rotatable bonds is 6. The van der Waals surface area contributed by atoms with Crippen molar-refractivity contribution >= 4 is 27.8 Å². The normalized spacial score (nSPS) is 20.5. The average molecular weight is 446 g/mol. The lowest BCUT2D eigenvalue weighted by Gasteiger charge is -2.27. The molecule has 0 amide bonds. The fourth-order valence-electron chi connectivity index (χ4n) is 5.77. The Morgan fingerprint density at radius 2 is 1.70 bits per heavy atom. The molecule has 0 spiro atoms. The number of pyridine rings is 1. The summed E-state index contributed by atoms with van der Waals surface area (Å²) in [7, 11) is 0. The van der Waals surface area contributed by atoms with Gasteiger partial charge in [-0.15, -0.1) is 0 Å². The molecule has 1 aromatic carbocycles. The number of nitrogens with zero attached hydrogens (tertiary/aromatic N) is 4. The van der Waals surface area contributed by atoms with Gasteiger partial charge >= 0.3 is 0 Å². The standard InChI is InChI=1S/C27H35N5O/c33-26-23-15-20(18-31-13-5-2-6-14-31)11-12-22(23)24-17-29-27(28-16-19-9-10-19)30-25(24)32(26)21-7-3-1-4-8-21/h11-12,15,17,19,21H,1-10,13-14,16,18H2,(H,28,29,30). The molecule has 2 aliphatic carbocycles. The van der Waals surface area contributed by atoms with Gasteiger partial charge in [-0.1, -0.05) is 37.8 Å². The fourth-order valence-corrected chi connectivity index (χ4v) is 5.77. The fraction of sp³-hybridized carbons (Fsp3) is 0.593. The van der Waals surface area contributed by atoms with Crippen molar-refractivity contribution in [2.75, 3.05) is 25.0 Å². The van der Waals surface area contributed by atoms with Crippen LogP contribution in [0.5, 0.6) is 0 Å². The molecule has 0 atom stereocenters. The zero-order valence-corrected chi connectivity index (χ0v) is 19.6. The lowest BCUT2D eigenvalue weighted by molar-refractivity contribution is 0.221. The zero-order chi connectivity index (χ0) is 22.2. The Balaban J connectivity index is 1.45. The third kappa shape index (κ3) is 4.37. The molecule has 3 heterocycles. The van der Waals surface area contributed by atoms with Gasteiger partial charge in [0.25, 0.3) is 5.56 Å². The molecule has 3 fully saturated rings. The number of aromatic nitrogens is 3. The summed E-state index contributed by atoms with van der Waals surface area (Å²) >= 11 is 0. The molecule has 33 heavy (non-hydrogen) atoms. The van der Waals surface area contributed by atoms with Crippen LogP contribution in [0.1, 0.15) is 75.8 Å². The van der Waals surface area contributed by atoms with Gasteiger partial charge in [-0.05, 0) is 74.5 Å². The molecule has 6 heteroatoms. The number of piperidine rings is 1. The molecule has 3 aliphatic rings. The number of benzene rings is 1. The van der Waals surface area contributed by atoms with Gasteiger partial charge in [0.15, 0.2) is 0 Å². The minimum atomic E-state index is 0.122. The van der Waals surface area contributed by atoms with Crippen molar-refractivity contribution < 1.29 is 0 Å². The lowest BCUT2D eigenvalue weighted by Crippen LogP contribution is -2.29. The second-order valence-electron chi connectivity index (χ2n) is 10.4. The molecule has 6 rings (SSSR count). The highest BCUT2D eigenvalue weighted by atomic mass is 16.1. The van der Waals surface area contributed by atoms with Gasteiger partial charge in [0.1, 0.15) is 5.65 Å². The Kier molecular flexibility index (Phi) is 5.78. The van der Waals surface area contributed by atoms with Gasteiger partial charge in [0.2, 0.25) is 5.95 Å². The topological polar surface area (TPSA) is 63.1 Å². The summed E-state index contributed by atoms with van der Waals surface area (Å²) in [5, 5.41) is 6.21. The first-order valence-corrected chi connectivity index (χ1v) is 13.1. The first-order chi connectivity index (χ1) is 16.3. The van der Waals surface area contributed by atoms with Crippen molar-refractivity contribution in [1.82, 2.24) is 19.4 Å². The largest absolute Gasteiger partial charge is 0.354 e. The highest BCUT2D eigenvalue weighted by molar-refractivity contribution is 6.04. The first kappa shape index (κ1) is 21.1. The monoisotopic (exact) mass is 445 g/mol. The molecule has 2 aromatic heterocycles. The summed E-state index contributed by atoms with van der Waals surface area (Å²) in [5.41, 5.74) is 2.16. The Morgan fingerprint density at radius 1 is 0.909 bits per heavy atom. The summed E-state index contributed by atoms with van der Waals surface area (Å²) in [6, 6.07) is 6.70. The molecule has 2 saturated carbocycles. The molecule has 1 N–H and O–H groups in total. The highest BCUT2D eigenvalue weighted by Gasteiger charge is 2.24. The molecule has 1 aliphatic heterocycles. The van der Waals surface area contributed by atoms with Crippen molar-refractivity contribution in [3.63, 3.8) is 0 Å². The van der Waals surface area contributed by atoms with Crippen molar-refractivity contribution in [2.24, 2.45) is 5.92 Å². The predicted octanol–water partition coefficient (Wildman–Crippen LogP) is 5.26. The molecule has 174 valence electrons. The predicted molar refractivity (Wildman–Crippen MR) is 134 cm³/mol. The Morgan fingerprint density at radius 3 is 2.48 bits per heavy atom. The van der Waals surface area contributed by atoms with E-state index in [1.54, 1.807) is 0 Å². The summed E-state index contributed by atoms with van der Waals surface area (Å²) < 4.78 is 2.02. The first-order valence-electron chi connectivity index (χ1n) is 13.1. The second kappa shape index (κ2) is 9.05. The minimum absolute atomic E-state index is 0.122. The quantitative estimate of drug-likeness (QED) is 0.525. The number of hydrogen-bond donors (Lipinski definition) is 1. The van der Waals surface area contributed by atoms with Gasteiger partial charge in [0.05, 0.1) is 0 Å². The van der Waals surface area contributed by atoms with E-state index >= 15 is 0 Å². The van der Waals surface area contributed by atoms with Gasteiger partial charge < -0.3 is 5.32 Å². The van der Waals surface area contributed by atoms with Crippen LogP contribution in [0, 0.1) is 5.92 Å². The molecule has 6 nitrogen and oxygen atoms in total. The molecule has 0 unspecified atom stereocenters. The van der Waals surface area contributed by atoms with Crippen molar-refractivity contribution in [1.29, 1.82) is 0 Å². The van der Waals surface area contributed by atoms with E-state index in [0.717, 1.165) is 66.7 Å². The van der Waals surface area contributed by atoms with E-state index in [1.165, 1.54) is 56.9 Å². The van der Waals surface area contributed by atoms with Crippen LogP contribution in [0.4, 0.5) is 5.95 Å². The Bertz CT molecular complexity index is 1200. The van der Waals surface area contributed by atoms with Crippen LogP contribution in [0.3, 0.4) is 0 Å². The lowest BCUT2D eigenvalue weighted by atomic mass is 9.94. The van der Waals surface area contributed by atoms with Crippen molar-refractivity contribution in [2.45, 2.75) is 76.8 Å². The minimum Gasteiger partial charge on any atom is -0.354 e. The average Bonchev–Trinajstić information content (AvgIpc) is 3.69. The van der Waals surface area contributed by atoms with Crippen LogP contribution in [0.15, 0.2) is 29.2 Å². The van der Waals surface area contributed by atoms with Crippen molar-refractivity contribution in [3.05, 3.63) is 40.3 Å². The van der Waals surface area contributed by atoms with Gasteiger partial charge in [-0.3, -0.25) is 14.3 Å². The summed E-state index contributed by atoms with van der Waals surface area (Å²) in [5.74, 6) is 1.40. The van der Waals surface area contributed by atoms with E-state index in [4.69, 9.17) is 4.98 Å². The maximum atomic E-state index is 13.9. The maximum Gasteiger partial charge on any atom is 0.260 e. The van der Waals surface area contributed by atoms with Crippen molar-refractivity contribution in [3.8, 4) is 0 Å². The number of nitrogens with one attached hydrogen (secondary N) is 1. The van der Waals surface area contributed by atoms with E-state index in [2.05, 4.69) is 33.4 Å². The second-order valence-corrected chi connectivity index (χ2v) is 10.4. The molecule has 3 aromatic rings. The van der Waals surface area contributed by atoms with Crippen LogP contribution in [0.25, 0.3) is 21.8 Å². The molecule has 0 radical (unpaired) electrons. The van der Waals surface area contributed by atoms with E-state index in [0.29, 0.717) is 5.95 Å². The van der Waals surface area contributed by atoms with Crippen LogP contribution in [0.2, 0.25) is 0 Å². The van der Waals surface area contributed by atoms with Crippen LogP contribution >= 0.6 is 0 Å². The highest BCUT2D eigenvalue weighted by Crippen LogP contribution is 2.32. The molecular formula is C27H35N5O. The molecule has 1 saturated heterocycles. The Hall–Kier alpha value is -2.47. The molecule has 0 bridgehead atoms. The van der Waals surface area contributed by atoms with E-state index in [1.807, 2.05) is 10.8 Å². The smallest absolute Gasteiger partial charge is 0.260 e. The van der Waals surface area contributed by atoms with E-state index in [9.17, 15) is 4.79 Å². The van der Waals surface area contributed by atoms with Gasteiger partial charge in [-0.25, -0.2) is 4.98 Å².